The highest BCUT2D eigenvalue weighted by Gasteiger charge is 2.12. The fourth-order valence-electron chi connectivity index (χ4n) is 2.31. The molecule has 0 radical (unpaired) electrons. The third-order valence-electron chi connectivity index (χ3n) is 3.69. The average Bonchev–Trinajstić information content (AvgIpc) is 3.08. The van der Waals surface area contributed by atoms with Crippen LogP contribution in [0.2, 0.25) is 0 Å². The van der Waals surface area contributed by atoms with Gasteiger partial charge < -0.3 is 5.32 Å². The van der Waals surface area contributed by atoms with Gasteiger partial charge in [0.1, 0.15) is 5.82 Å². The van der Waals surface area contributed by atoms with Gasteiger partial charge in [-0.05, 0) is 48.5 Å². The summed E-state index contributed by atoms with van der Waals surface area (Å²) in [6.45, 7) is 0. The molecule has 2 aromatic carbocycles. The van der Waals surface area contributed by atoms with Gasteiger partial charge in [-0.2, -0.15) is 0 Å². The van der Waals surface area contributed by atoms with Crippen LogP contribution in [0.4, 0.5) is 15.2 Å². The molecule has 1 heterocycles. The Kier molecular flexibility index (Phi) is 6.01. The zero-order valence-electron chi connectivity index (χ0n) is 14.8. The summed E-state index contributed by atoms with van der Waals surface area (Å²) in [6.07, 6.45) is -0.0418. The highest BCUT2D eigenvalue weighted by Crippen LogP contribution is 2.18. The molecule has 0 aliphatic carbocycles. The van der Waals surface area contributed by atoms with Crippen LogP contribution in [0.3, 0.4) is 0 Å². The van der Waals surface area contributed by atoms with Gasteiger partial charge in [0.25, 0.3) is 5.91 Å². The lowest BCUT2D eigenvalue weighted by atomic mass is 10.2. The van der Waals surface area contributed by atoms with Gasteiger partial charge in [-0.1, -0.05) is 0 Å². The molecule has 0 atom stereocenters. The first-order chi connectivity index (χ1) is 13.7. The summed E-state index contributed by atoms with van der Waals surface area (Å²) in [5.74, 6) is -1.25. The largest absolute Gasteiger partial charge is 0.326 e. The lowest BCUT2D eigenvalue weighted by molar-refractivity contribution is -0.115. The first kappa shape index (κ1) is 20.6. The summed E-state index contributed by atoms with van der Waals surface area (Å²) in [5, 5.41) is 12.2. The molecular weight excluding hydrogens is 419 g/mol. The van der Waals surface area contributed by atoms with Crippen molar-refractivity contribution in [2.75, 3.05) is 10.6 Å². The molecule has 0 unspecified atom stereocenters. The van der Waals surface area contributed by atoms with Crippen LogP contribution in [-0.2, 0) is 21.2 Å². The molecule has 0 saturated heterocycles. The molecule has 0 saturated carbocycles. The monoisotopic (exact) mass is 434 g/mol. The number of hydrogen-bond acceptors (Lipinski definition) is 6. The number of primary sulfonamides is 1. The van der Waals surface area contributed by atoms with E-state index in [1.807, 2.05) is 0 Å². The molecule has 0 aliphatic rings. The SMILES string of the molecule is NS(=O)(=O)c1ccc(NC(=O)Cc2csc(NC(=O)c3ccc(F)cc3)n2)cc1. The Balaban J connectivity index is 1.57. The average molecular weight is 434 g/mol. The van der Waals surface area contributed by atoms with E-state index in [2.05, 4.69) is 15.6 Å². The van der Waals surface area contributed by atoms with Crippen LogP contribution in [-0.4, -0.2) is 25.2 Å². The van der Waals surface area contributed by atoms with E-state index in [4.69, 9.17) is 5.14 Å². The molecule has 1 aromatic heterocycles. The number of thiazole rings is 1. The van der Waals surface area contributed by atoms with E-state index in [-0.39, 0.29) is 22.8 Å². The molecule has 2 amide bonds. The molecule has 4 N–H and O–H groups in total. The standard InChI is InChI=1S/C18H15FN4O4S2/c19-12-3-1-11(2-4-12)17(25)23-18-22-14(10-28-18)9-16(24)21-13-5-7-15(8-6-13)29(20,26)27/h1-8,10H,9H2,(H,21,24)(H2,20,26,27)(H,22,23,25). The number of nitrogens with two attached hydrogens (primary N) is 1. The number of sulfonamides is 1. The van der Waals surface area contributed by atoms with E-state index in [1.165, 1.54) is 48.5 Å². The van der Waals surface area contributed by atoms with Gasteiger partial charge in [-0.25, -0.2) is 22.9 Å². The molecule has 0 aliphatic heterocycles. The van der Waals surface area contributed by atoms with Crippen molar-refractivity contribution in [1.29, 1.82) is 0 Å². The van der Waals surface area contributed by atoms with Gasteiger partial charge >= 0.3 is 0 Å². The molecule has 0 bridgehead atoms. The van der Waals surface area contributed by atoms with Gasteiger partial charge in [0.15, 0.2) is 5.13 Å². The molecule has 29 heavy (non-hydrogen) atoms. The Labute approximate surface area is 169 Å². The van der Waals surface area contributed by atoms with E-state index in [0.29, 0.717) is 16.5 Å². The molecule has 8 nitrogen and oxygen atoms in total. The number of benzene rings is 2. The van der Waals surface area contributed by atoms with E-state index in [0.717, 1.165) is 11.3 Å². The molecule has 0 fully saturated rings. The van der Waals surface area contributed by atoms with Gasteiger partial charge in [0.2, 0.25) is 15.9 Å². The minimum Gasteiger partial charge on any atom is -0.326 e. The lowest BCUT2D eigenvalue weighted by Gasteiger charge is -2.05. The molecule has 150 valence electrons. The van der Waals surface area contributed by atoms with E-state index < -0.39 is 21.7 Å². The number of amides is 2. The fourth-order valence-corrected chi connectivity index (χ4v) is 3.53. The second-order valence-electron chi connectivity index (χ2n) is 5.90. The van der Waals surface area contributed by atoms with Crippen molar-refractivity contribution >= 4 is 44.0 Å². The number of aromatic nitrogens is 1. The minimum atomic E-state index is -3.80. The number of nitrogens with one attached hydrogen (secondary N) is 2. The molecule has 3 rings (SSSR count). The number of halogens is 1. The topological polar surface area (TPSA) is 131 Å². The zero-order chi connectivity index (χ0) is 21.0. The quantitative estimate of drug-likeness (QED) is 0.548. The van der Waals surface area contributed by atoms with Crippen molar-refractivity contribution in [2.45, 2.75) is 11.3 Å². The van der Waals surface area contributed by atoms with Gasteiger partial charge in [0, 0.05) is 16.6 Å². The van der Waals surface area contributed by atoms with E-state index >= 15 is 0 Å². The van der Waals surface area contributed by atoms with Crippen molar-refractivity contribution in [1.82, 2.24) is 4.98 Å². The van der Waals surface area contributed by atoms with Crippen molar-refractivity contribution in [3.8, 4) is 0 Å². The summed E-state index contributed by atoms with van der Waals surface area (Å²) in [7, 11) is -3.80. The van der Waals surface area contributed by atoms with Crippen LogP contribution in [0.1, 0.15) is 16.1 Å². The second kappa shape index (κ2) is 8.47. The number of hydrogen-bond donors (Lipinski definition) is 3. The van der Waals surface area contributed by atoms with Crippen LogP contribution in [0.25, 0.3) is 0 Å². The van der Waals surface area contributed by atoms with Crippen LogP contribution in [0.15, 0.2) is 58.8 Å². The Bertz CT molecular complexity index is 1140. The molecule has 11 heteroatoms. The number of carbonyl (C=O) groups is 2. The Hall–Kier alpha value is -3.15. The predicted molar refractivity (Wildman–Crippen MR) is 107 cm³/mol. The zero-order valence-corrected chi connectivity index (χ0v) is 16.4. The maximum Gasteiger partial charge on any atom is 0.257 e. The molecular formula is C18H15FN4O4S2. The second-order valence-corrected chi connectivity index (χ2v) is 8.32. The summed E-state index contributed by atoms with van der Waals surface area (Å²) in [5.41, 5.74) is 1.13. The van der Waals surface area contributed by atoms with Crippen LogP contribution < -0.4 is 15.8 Å². The van der Waals surface area contributed by atoms with Gasteiger partial charge in [-0.3, -0.25) is 14.9 Å². The summed E-state index contributed by atoms with van der Waals surface area (Å²) < 4.78 is 35.4. The number of rotatable bonds is 6. The van der Waals surface area contributed by atoms with Crippen molar-refractivity contribution in [3.05, 3.63) is 71.0 Å². The van der Waals surface area contributed by atoms with E-state index in [1.54, 1.807) is 5.38 Å². The summed E-state index contributed by atoms with van der Waals surface area (Å²) >= 11 is 1.15. The van der Waals surface area contributed by atoms with Crippen LogP contribution >= 0.6 is 11.3 Å². The maximum absolute atomic E-state index is 12.9. The summed E-state index contributed by atoms with van der Waals surface area (Å²) in [4.78, 5) is 28.4. The third kappa shape index (κ3) is 5.67. The number of nitrogens with zero attached hydrogens (tertiary/aromatic N) is 1. The first-order valence-electron chi connectivity index (χ1n) is 8.15. The van der Waals surface area contributed by atoms with Crippen molar-refractivity contribution in [2.24, 2.45) is 5.14 Å². The van der Waals surface area contributed by atoms with Crippen LogP contribution in [0.5, 0.6) is 0 Å². The van der Waals surface area contributed by atoms with Crippen molar-refractivity contribution < 1.29 is 22.4 Å². The Morgan fingerprint density at radius 1 is 1.03 bits per heavy atom. The first-order valence-corrected chi connectivity index (χ1v) is 10.6. The van der Waals surface area contributed by atoms with E-state index in [9.17, 15) is 22.4 Å². The van der Waals surface area contributed by atoms with Crippen molar-refractivity contribution in [3.63, 3.8) is 0 Å². The highest BCUT2D eigenvalue weighted by molar-refractivity contribution is 7.89. The Morgan fingerprint density at radius 3 is 2.31 bits per heavy atom. The predicted octanol–water partition coefficient (Wildman–Crippen LogP) is 2.36. The minimum absolute atomic E-state index is 0.0418. The molecule has 0 spiro atoms. The summed E-state index contributed by atoms with van der Waals surface area (Å²) in [6, 6.07) is 10.5. The molecule has 3 aromatic rings. The van der Waals surface area contributed by atoms with Gasteiger partial charge in [-0.15, -0.1) is 11.3 Å². The number of carbonyl (C=O) groups excluding carboxylic acids is 2. The number of anilines is 2. The Morgan fingerprint density at radius 2 is 1.69 bits per heavy atom. The lowest BCUT2D eigenvalue weighted by Crippen LogP contribution is -2.16. The highest BCUT2D eigenvalue weighted by atomic mass is 32.2. The maximum atomic E-state index is 12.9. The normalized spacial score (nSPS) is 11.1. The smallest absolute Gasteiger partial charge is 0.257 e. The third-order valence-corrected chi connectivity index (χ3v) is 5.42. The van der Waals surface area contributed by atoms with Gasteiger partial charge in [0.05, 0.1) is 17.0 Å². The fraction of sp³-hybridized carbons (Fsp3) is 0.0556. The van der Waals surface area contributed by atoms with Crippen LogP contribution in [0, 0.1) is 5.82 Å².